The predicted octanol–water partition coefficient (Wildman–Crippen LogP) is 4.95. The molecular formula is C21H19BrClN5O2S. The molecule has 0 radical (unpaired) electrons. The molecule has 0 atom stereocenters. The van der Waals surface area contributed by atoms with E-state index in [1.165, 1.54) is 0 Å². The number of para-hydroxylation sites is 1. The predicted molar refractivity (Wildman–Crippen MR) is 124 cm³/mol. The van der Waals surface area contributed by atoms with Gasteiger partial charge < -0.3 is 0 Å². The van der Waals surface area contributed by atoms with Gasteiger partial charge in [0, 0.05) is 11.2 Å². The van der Waals surface area contributed by atoms with Crippen LogP contribution < -0.4 is 4.72 Å². The summed E-state index contributed by atoms with van der Waals surface area (Å²) in [5, 5.41) is 9.46. The van der Waals surface area contributed by atoms with Gasteiger partial charge in [-0.05, 0) is 59.6 Å². The molecule has 4 aromatic rings. The van der Waals surface area contributed by atoms with Crippen LogP contribution in [-0.2, 0) is 16.6 Å². The van der Waals surface area contributed by atoms with Crippen molar-refractivity contribution in [1.29, 1.82) is 0 Å². The van der Waals surface area contributed by atoms with Crippen molar-refractivity contribution in [2.75, 3.05) is 4.72 Å². The van der Waals surface area contributed by atoms with Gasteiger partial charge in [-0.3, -0.25) is 9.40 Å². The lowest BCUT2D eigenvalue weighted by molar-refractivity contribution is 0.599. The average molecular weight is 521 g/mol. The zero-order chi connectivity index (χ0) is 22.2. The zero-order valence-corrected chi connectivity index (χ0v) is 19.9. The number of rotatable bonds is 6. The van der Waals surface area contributed by atoms with E-state index in [1.807, 2.05) is 42.5 Å². The number of aryl methyl sites for hydroxylation is 1. The van der Waals surface area contributed by atoms with Crippen LogP contribution in [0.1, 0.15) is 17.0 Å². The van der Waals surface area contributed by atoms with Crippen LogP contribution in [0.2, 0.25) is 5.02 Å². The number of hydrogen-bond donors (Lipinski definition) is 1. The van der Waals surface area contributed by atoms with Crippen LogP contribution in [0.25, 0.3) is 5.69 Å². The maximum atomic E-state index is 13.2. The molecule has 2 aromatic carbocycles. The van der Waals surface area contributed by atoms with Crippen molar-refractivity contribution in [3.63, 3.8) is 0 Å². The van der Waals surface area contributed by atoms with Crippen molar-refractivity contribution < 1.29 is 8.42 Å². The van der Waals surface area contributed by atoms with Crippen LogP contribution >= 0.6 is 27.5 Å². The minimum atomic E-state index is -3.91. The summed E-state index contributed by atoms with van der Waals surface area (Å²) in [5.41, 5.74) is 2.71. The Kier molecular flexibility index (Phi) is 5.92. The Balaban J connectivity index is 1.62. The van der Waals surface area contributed by atoms with Crippen LogP contribution in [0, 0.1) is 13.8 Å². The molecule has 4 rings (SSSR count). The van der Waals surface area contributed by atoms with Gasteiger partial charge >= 0.3 is 0 Å². The standard InChI is InChI=1S/C21H19BrClN5O2S/c1-14-20(15(2)28(24-14)18-6-4-3-5-7-18)31(29,30)26-21-19(22)13-27(25-21)12-16-8-10-17(23)11-9-16/h3-11,13H,12H2,1-2H3,(H,25,26). The van der Waals surface area contributed by atoms with Crippen molar-refractivity contribution in [1.82, 2.24) is 19.6 Å². The van der Waals surface area contributed by atoms with E-state index in [2.05, 4.69) is 30.8 Å². The number of anilines is 1. The second-order valence-electron chi connectivity index (χ2n) is 7.00. The van der Waals surface area contributed by atoms with E-state index in [9.17, 15) is 8.42 Å². The summed E-state index contributed by atoms with van der Waals surface area (Å²) in [4.78, 5) is 0.135. The van der Waals surface area contributed by atoms with Gasteiger partial charge in [-0.2, -0.15) is 10.2 Å². The number of nitrogens with one attached hydrogen (secondary N) is 1. The summed E-state index contributed by atoms with van der Waals surface area (Å²) in [6, 6.07) is 16.8. The lowest BCUT2D eigenvalue weighted by atomic mass is 10.2. The van der Waals surface area contributed by atoms with Gasteiger partial charge in [0.15, 0.2) is 5.82 Å². The molecule has 10 heteroatoms. The molecule has 31 heavy (non-hydrogen) atoms. The van der Waals surface area contributed by atoms with E-state index in [1.54, 1.807) is 41.5 Å². The summed E-state index contributed by atoms with van der Waals surface area (Å²) in [7, 11) is -3.91. The Morgan fingerprint density at radius 3 is 2.39 bits per heavy atom. The van der Waals surface area contributed by atoms with Crippen LogP contribution in [-0.4, -0.2) is 28.0 Å². The first kappa shape index (κ1) is 21.6. The number of halogens is 2. The van der Waals surface area contributed by atoms with Gasteiger partial charge in [0.1, 0.15) is 4.90 Å². The van der Waals surface area contributed by atoms with E-state index in [0.717, 1.165) is 11.3 Å². The minimum Gasteiger partial charge on any atom is -0.265 e. The first-order valence-corrected chi connectivity index (χ1v) is 12.0. The molecule has 160 valence electrons. The maximum absolute atomic E-state index is 13.2. The number of hydrogen-bond acceptors (Lipinski definition) is 4. The van der Waals surface area contributed by atoms with Gasteiger partial charge in [0.2, 0.25) is 0 Å². The highest BCUT2D eigenvalue weighted by Gasteiger charge is 2.27. The monoisotopic (exact) mass is 519 g/mol. The number of nitrogens with zero attached hydrogens (tertiary/aromatic N) is 4. The third-order valence-electron chi connectivity index (χ3n) is 4.70. The minimum absolute atomic E-state index is 0.135. The molecule has 0 aliphatic heterocycles. The highest BCUT2D eigenvalue weighted by molar-refractivity contribution is 9.10. The quantitative estimate of drug-likeness (QED) is 0.390. The maximum Gasteiger partial charge on any atom is 0.266 e. The fourth-order valence-corrected chi connectivity index (χ4v) is 5.42. The van der Waals surface area contributed by atoms with Gasteiger partial charge in [-0.15, -0.1) is 0 Å². The van der Waals surface area contributed by atoms with Gasteiger partial charge in [0.05, 0.1) is 28.1 Å². The SMILES string of the molecule is Cc1nn(-c2ccccc2)c(C)c1S(=O)(=O)Nc1nn(Cc2ccc(Cl)cc2)cc1Br. The summed E-state index contributed by atoms with van der Waals surface area (Å²) in [5.74, 6) is 0.209. The van der Waals surface area contributed by atoms with Crippen molar-refractivity contribution in [2.24, 2.45) is 0 Å². The lowest BCUT2D eigenvalue weighted by Crippen LogP contribution is -2.16. The summed E-state index contributed by atoms with van der Waals surface area (Å²) >= 11 is 9.32. The van der Waals surface area contributed by atoms with E-state index >= 15 is 0 Å². The normalized spacial score (nSPS) is 11.6. The summed E-state index contributed by atoms with van der Waals surface area (Å²) in [6.07, 6.45) is 1.72. The highest BCUT2D eigenvalue weighted by atomic mass is 79.9. The zero-order valence-electron chi connectivity index (χ0n) is 16.8. The molecule has 0 fully saturated rings. The fourth-order valence-electron chi connectivity index (χ4n) is 3.34. The van der Waals surface area contributed by atoms with Gasteiger partial charge in [-0.1, -0.05) is 41.9 Å². The number of sulfonamides is 1. The van der Waals surface area contributed by atoms with Crippen molar-refractivity contribution >= 4 is 43.4 Å². The molecule has 1 N–H and O–H groups in total. The number of aromatic nitrogens is 4. The van der Waals surface area contributed by atoms with Crippen molar-refractivity contribution in [3.8, 4) is 5.69 Å². The smallest absolute Gasteiger partial charge is 0.265 e. The van der Waals surface area contributed by atoms with E-state index in [-0.39, 0.29) is 10.7 Å². The van der Waals surface area contributed by atoms with Crippen LogP contribution in [0.4, 0.5) is 5.82 Å². The molecule has 0 aliphatic carbocycles. The molecule has 2 aromatic heterocycles. The van der Waals surface area contributed by atoms with Crippen molar-refractivity contribution in [2.45, 2.75) is 25.3 Å². The molecule has 2 heterocycles. The van der Waals surface area contributed by atoms with Crippen LogP contribution in [0.3, 0.4) is 0 Å². The third-order valence-corrected chi connectivity index (χ3v) is 7.12. The molecular weight excluding hydrogens is 502 g/mol. The summed E-state index contributed by atoms with van der Waals surface area (Å²) < 4.78 is 32.8. The molecule has 0 aliphatic rings. The van der Waals surface area contributed by atoms with Crippen molar-refractivity contribution in [3.05, 3.63) is 87.2 Å². The second kappa shape index (κ2) is 8.49. The van der Waals surface area contributed by atoms with E-state index in [0.29, 0.717) is 27.4 Å². The molecule has 0 bridgehead atoms. The Morgan fingerprint density at radius 1 is 1.03 bits per heavy atom. The lowest BCUT2D eigenvalue weighted by Gasteiger charge is -2.08. The molecule has 0 unspecified atom stereocenters. The molecule has 0 saturated carbocycles. The Morgan fingerprint density at radius 2 is 1.71 bits per heavy atom. The molecule has 0 spiro atoms. The molecule has 7 nitrogen and oxygen atoms in total. The Bertz CT molecular complexity index is 1330. The largest absolute Gasteiger partial charge is 0.266 e. The van der Waals surface area contributed by atoms with Gasteiger partial charge in [0.25, 0.3) is 10.0 Å². The molecule has 0 amide bonds. The van der Waals surface area contributed by atoms with Crippen LogP contribution in [0.5, 0.6) is 0 Å². The average Bonchev–Trinajstić information content (AvgIpc) is 3.22. The first-order chi connectivity index (χ1) is 14.7. The highest BCUT2D eigenvalue weighted by Crippen LogP contribution is 2.28. The Hall–Kier alpha value is -2.62. The number of benzene rings is 2. The second-order valence-corrected chi connectivity index (χ2v) is 9.91. The van der Waals surface area contributed by atoms with Crippen LogP contribution in [0.15, 0.2) is 70.2 Å². The van der Waals surface area contributed by atoms with E-state index < -0.39 is 10.0 Å². The fraction of sp³-hybridized carbons (Fsp3) is 0.143. The first-order valence-electron chi connectivity index (χ1n) is 9.36. The Labute approximate surface area is 193 Å². The third kappa shape index (κ3) is 4.53. The molecule has 0 saturated heterocycles. The topological polar surface area (TPSA) is 81.8 Å². The summed E-state index contributed by atoms with van der Waals surface area (Å²) in [6.45, 7) is 3.88. The van der Waals surface area contributed by atoms with E-state index in [4.69, 9.17) is 11.6 Å². The van der Waals surface area contributed by atoms with Gasteiger partial charge in [-0.25, -0.2) is 13.1 Å².